The summed E-state index contributed by atoms with van der Waals surface area (Å²) < 4.78 is 5.92. The lowest BCUT2D eigenvalue weighted by Gasteiger charge is -2.39. The Kier molecular flexibility index (Phi) is 5.74. The van der Waals surface area contributed by atoms with Crippen molar-refractivity contribution >= 4 is 17.5 Å². The number of halogens is 1. The molecule has 4 nitrogen and oxygen atoms in total. The molecule has 0 aliphatic carbocycles. The zero-order valence-electron chi connectivity index (χ0n) is 14.3. The molecule has 1 aliphatic rings. The van der Waals surface area contributed by atoms with Gasteiger partial charge in [-0.2, -0.15) is 0 Å². The molecule has 5 heteroatoms. The fourth-order valence-electron chi connectivity index (χ4n) is 3.15. The second kappa shape index (κ2) is 8.00. The van der Waals surface area contributed by atoms with Gasteiger partial charge in [-0.25, -0.2) is 0 Å². The predicted molar refractivity (Wildman–Crippen MR) is 99.3 cm³/mol. The zero-order chi connectivity index (χ0) is 17.8. The zero-order valence-corrected chi connectivity index (χ0v) is 15.0. The van der Waals surface area contributed by atoms with Gasteiger partial charge in [-0.15, -0.1) is 0 Å². The summed E-state index contributed by atoms with van der Waals surface area (Å²) in [7, 11) is 0. The van der Waals surface area contributed by atoms with Crippen LogP contribution in [0.3, 0.4) is 0 Å². The maximum absolute atomic E-state index is 12.8. The Morgan fingerprint density at radius 1 is 1.24 bits per heavy atom. The molecule has 1 fully saturated rings. The van der Waals surface area contributed by atoms with Gasteiger partial charge in [0.1, 0.15) is 6.10 Å². The molecule has 1 heterocycles. The number of hydrogen-bond donors (Lipinski definition) is 1. The summed E-state index contributed by atoms with van der Waals surface area (Å²) in [6.45, 7) is 2.97. The molecular formula is C20H23ClN2O2. The molecule has 2 aromatic carbocycles. The molecule has 3 atom stereocenters. The van der Waals surface area contributed by atoms with Crippen LogP contribution in [0.1, 0.15) is 36.6 Å². The molecule has 3 unspecified atom stereocenters. The highest BCUT2D eigenvalue weighted by atomic mass is 35.5. The number of amides is 1. The third kappa shape index (κ3) is 4.21. The molecule has 0 saturated carbocycles. The molecule has 1 amide bonds. The van der Waals surface area contributed by atoms with Crippen LogP contribution >= 0.6 is 11.6 Å². The fraction of sp³-hybridized carbons (Fsp3) is 0.350. The Morgan fingerprint density at radius 3 is 2.64 bits per heavy atom. The average molecular weight is 359 g/mol. The van der Waals surface area contributed by atoms with Gasteiger partial charge < -0.3 is 15.4 Å². The number of rotatable bonds is 4. The third-order valence-corrected chi connectivity index (χ3v) is 4.97. The van der Waals surface area contributed by atoms with Crippen LogP contribution < -0.4 is 5.73 Å². The van der Waals surface area contributed by atoms with Crippen LogP contribution in [0.5, 0.6) is 0 Å². The molecule has 1 saturated heterocycles. The summed E-state index contributed by atoms with van der Waals surface area (Å²) in [5.74, 6) is 0.0456. The summed E-state index contributed by atoms with van der Waals surface area (Å²) in [5.41, 5.74) is 8.11. The van der Waals surface area contributed by atoms with Gasteiger partial charge in [0.05, 0.1) is 19.2 Å². The molecule has 3 rings (SSSR count). The molecule has 0 bridgehead atoms. The summed E-state index contributed by atoms with van der Waals surface area (Å²) in [6.07, 6.45) is 0.0747. The van der Waals surface area contributed by atoms with Crippen molar-refractivity contribution in [3.05, 3.63) is 70.7 Å². The van der Waals surface area contributed by atoms with Crippen molar-refractivity contribution in [3.63, 3.8) is 0 Å². The van der Waals surface area contributed by atoms with E-state index in [-0.39, 0.29) is 30.5 Å². The maximum Gasteiger partial charge on any atom is 0.224 e. The summed E-state index contributed by atoms with van der Waals surface area (Å²) in [4.78, 5) is 14.7. The van der Waals surface area contributed by atoms with E-state index in [2.05, 4.69) is 0 Å². The summed E-state index contributed by atoms with van der Waals surface area (Å²) in [5, 5.41) is 0.662. The number of carbonyl (C=O) groups excluding carboxylic acids is 1. The predicted octanol–water partition coefficient (Wildman–Crippen LogP) is 3.72. The summed E-state index contributed by atoms with van der Waals surface area (Å²) in [6, 6.07) is 17.0. The first kappa shape index (κ1) is 17.9. The lowest BCUT2D eigenvalue weighted by Crippen LogP contribution is -2.48. The summed E-state index contributed by atoms with van der Waals surface area (Å²) >= 11 is 6.28. The Morgan fingerprint density at radius 2 is 1.92 bits per heavy atom. The molecule has 2 N–H and O–H groups in total. The van der Waals surface area contributed by atoms with E-state index < -0.39 is 0 Å². The van der Waals surface area contributed by atoms with E-state index in [1.807, 2.05) is 66.4 Å². The van der Waals surface area contributed by atoms with E-state index in [1.54, 1.807) is 0 Å². The van der Waals surface area contributed by atoms with Gasteiger partial charge in [0.15, 0.2) is 0 Å². The van der Waals surface area contributed by atoms with E-state index in [9.17, 15) is 4.79 Å². The SMILES string of the molecule is CC1COC(c2ccccc2Cl)CN1C(=O)CC(N)c1ccccc1. The van der Waals surface area contributed by atoms with Gasteiger partial charge in [-0.3, -0.25) is 4.79 Å². The largest absolute Gasteiger partial charge is 0.369 e. The molecular weight excluding hydrogens is 336 g/mol. The monoisotopic (exact) mass is 358 g/mol. The standard InChI is InChI=1S/C20H23ClN2O2/c1-14-13-25-19(16-9-5-6-10-17(16)21)12-23(14)20(24)11-18(22)15-7-3-2-4-8-15/h2-10,14,18-19H,11-13,22H2,1H3. The van der Waals surface area contributed by atoms with Crippen molar-refractivity contribution in [2.75, 3.05) is 13.2 Å². The lowest BCUT2D eigenvalue weighted by molar-refractivity contribution is -0.144. The highest BCUT2D eigenvalue weighted by molar-refractivity contribution is 6.31. The van der Waals surface area contributed by atoms with Crippen molar-refractivity contribution in [2.24, 2.45) is 5.73 Å². The first-order chi connectivity index (χ1) is 12.1. The van der Waals surface area contributed by atoms with E-state index in [4.69, 9.17) is 22.1 Å². The molecule has 25 heavy (non-hydrogen) atoms. The molecule has 132 valence electrons. The van der Waals surface area contributed by atoms with Crippen LogP contribution in [0, 0.1) is 0 Å². The smallest absolute Gasteiger partial charge is 0.224 e. The van der Waals surface area contributed by atoms with Crippen LogP contribution in [0.25, 0.3) is 0 Å². The number of benzene rings is 2. The van der Waals surface area contributed by atoms with Gasteiger partial charge >= 0.3 is 0 Å². The van der Waals surface area contributed by atoms with Crippen molar-refractivity contribution in [1.82, 2.24) is 4.90 Å². The van der Waals surface area contributed by atoms with E-state index >= 15 is 0 Å². The Labute approximate surface area is 153 Å². The van der Waals surface area contributed by atoms with Crippen LogP contribution in [0.4, 0.5) is 0 Å². The normalized spacial score (nSPS) is 21.8. The highest BCUT2D eigenvalue weighted by Crippen LogP contribution is 2.30. The number of hydrogen-bond acceptors (Lipinski definition) is 3. The fourth-order valence-corrected chi connectivity index (χ4v) is 3.41. The minimum Gasteiger partial charge on any atom is -0.369 e. The van der Waals surface area contributed by atoms with Crippen molar-refractivity contribution in [3.8, 4) is 0 Å². The number of morpholine rings is 1. The van der Waals surface area contributed by atoms with Crippen molar-refractivity contribution in [2.45, 2.75) is 31.5 Å². The van der Waals surface area contributed by atoms with Gasteiger partial charge in [-0.05, 0) is 18.6 Å². The maximum atomic E-state index is 12.8. The molecule has 2 aromatic rings. The van der Waals surface area contributed by atoms with Gasteiger partial charge in [0, 0.05) is 23.0 Å². The van der Waals surface area contributed by atoms with Gasteiger partial charge in [0.25, 0.3) is 0 Å². The van der Waals surface area contributed by atoms with Gasteiger partial charge in [-0.1, -0.05) is 60.1 Å². The molecule has 0 spiro atoms. The first-order valence-corrected chi connectivity index (χ1v) is 8.90. The van der Waals surface area contributed by atoms with Crippen LogP contribution in [0.2, 0.25) is 5.02 Å². The number of nitrogens with zero attached hydrogens (tertiary/aromatic N) is 1. The lowest BCUT2D eigenvalue weighted by atomic mass is 10.0. The first-order valence-electron chi connectivity index (χ1n) is 8.52. The van der Waals surface area contributed by atoms with E-state index in [0.29, 0.717) is 18.2 Å². The highest BCUT2D eigenvalue weighted by Gasteiger charge is 2.31. The Bertz CT molecular complexity index is 723. The second-order valence-corrected chi connectivity index (χ2v) is 6.87. The van der Waals surface area contributed by atoms with Crippen molar-refractivity contribution in [1.29, 1.82) is 0 Å². The number of ether oxygens (including phenoxy) is 1. The second-order valence-electron chi connectivity index (χ2n) is 6.46. The quantitative estimate of drug-likeness (QED) is 0.906. The average Bonchev–Trinajstić information content (AvgIpc) is 2.63. The van der Waals surface area contributed by atoms with Crippen LogP contribution in [-0.2, 0) is 9.53 Å². The molecule has 0 radical (unpaired) electrons. The van der Waals surface area contributed by atoms with Crippen molar-refractivity contribution < 1.29 is 9.53 Å². The topological polar surface area (TPSA) is 55.6 Å². The van der Waals surface area contributed by atoms with Gasteiger partial charge in [0.2, 0.25) is 5.91 Å². The Hall–Kier alpha value is -1.88. The van der Waals surface area contributed by atoms with Crippen LogP contribution in [-0.4, -0.2) is 30.0 Å². The Balaban J connectivity index is 1.69. The minimum absolute atomic E-state index is 0.0224. The molecule has 0 aromatic heterocycles. The third-order valence-electron chi connectivity index (χ3n) is 4.63. The van der Waals surface area contributed by atoms with Crippen LogP contribution in [0.15, 0.2) is 54.6 Å². The number of carbonyl (C=O) groups is 1. The minimum atomic E-state index is -0.303. The number of nitrogens with two attached hydrogens (primary N) is 1. The van der Waals surface area contributed by atoms with E-state index in [0.717, 1.165) is 11.1 Å². The van der Waals surface area contributed by atoms with E-state index in [1.165, 1.54) is 0 Å². The molecule has 1 aliphatic heterocycles.